The van der Waals surface area contributed by atoms with Gasteiger partial charge in [-0.3, -0.25) is 9.59 Å². The van der Waals surface area contributed by atoms with E-state index in [1.54, 1.807) is 23.6 Å². The van der Waals surface area contributed by atoms with Crippen LogP contribution in [0.4, 0.5) is 0 Å². The van der Waals surface area contributed by atoms with Gasteiger partial charge in [-0.15, -0.1) is 0 Å². The molecule has 0 saturated carbocycles. The molecular weight excluding hydrogens is 224 g/mol. The Balaban J connectivity index is 2.51. The lowest BCUT2D eigenvalue weighted by Gasteiger charge is -2.23. The molecule has 1 aliphatic rings. The quantitative estimate of drug-likeness (QED) is 0.798. The molecule has 2 atom stereocenters. The number of carbonyl (C=O) groups is 2. The molecule has 1 aliphatic heterocycles. The molecule has 1 rings (SSSR count). The highest BCUT2D eigenvalue weighted by Gasteiger charge is 2.26. The molecule has 2 amide bonds. The lowest BCUT2D eigenvalue weighted by atomic mass is 10.2. The number of nitrogens with zero attached hydrogens (tertiary/aromatic N) is 1. The third-order valence-electron chi connectivity index (χ3n) is 2.88. The second-order valence-electron chi connectivity index (χ2n) is 4.20. The van der Waals surface area contributed by atoms with Gasteiger partial charge >= 0.3 is 0 Å². The standard InChI is InChI=1S/C11H20N2O2S/c1-8(16-3)4-6-13-7-5-10(14)12-9(2)11(13)15/h8-9H,4-7H2,1-3H3,(H,12,14). The van der Waals surface area contributed by atoms with Gasteiger partial charge in [0, 0.05) is 24.8 Å². The van der Waals surface area contributed by atoms with Crippen LogP contribution in [0.15, 0.2) is 0 Å². The van der Waals surface area contributed by atoms with Gasteiger partial charge in [-0.25, -0.2) is 0 Å². The summed E-state index contributed by atoms with van der Waals surface area (Å²) < 4.78 is 0. The van der Waals surface area contributed by atoms with Crippen LogP contribution in [-0.2, 0) is 9.59 Å². The number of carbonyl (C=O) groups excluding carboxylic acids is 2. The molecule has 0 aliphatic carbocycles. The lowest BCUT2D eigenvalue weighted by molar-refractivity contribution is -0.133. The Labute approximate surface area is 101 Å². The van der Waals surface area contributed by atoms with Gasteiger partial charge in [0.1, 0.15) is 6.04 Å². The first-order valence-electron chi connectivity index (χ1n) is 5.65. The largest absolute Gasteiger partial charge is 0.345 e. The van der Waals surface area contributed by atoms with E-state index in [0.717, 1.165) is 13.0 Å². The summed E-state index contributed by atoms with van der Waals surface area (Å²) in [4.78, 5) is 25.0. The maximum absolute atomic E-state index is 11.9. The molecule has 0 aromatic rings. The average Bonchev–Trinajstić information content (AvgIpc) is 2.37. The van der Waals surface area contributed by atoms with Gasteiger partial charge in [-0.05, 0) is 19.6 Å². The Hall–Kier alpha value is -0.710. The van der Waals surface area contributed by atoms with E-state index in [1.807, 2.05) is 0 Å². The summed E-state index contributed by atoms with van der Waals surface area (Å²) in [5.74, 6) is 0.0143. The summed E-state index contributed by atoms with van der Waals surface area (Å²) in [6, 6.07) is -0.375. The summed E-state index contributed by atoms with van der Waals surface area (Å²) in [5.41, 5.74) is 0. The highest BCUT2D eigenvalue weighted by Crippen LogP contribution is 2.12. The number of amides is 2. The zero-order chi connectivity index (χ0) is 12.1. The van der Waals surface area contributed by atoms with Crippen LogP contribution < -0.4 is 5.32 Å². The Bertz CT molecular complexity index is 271. The maximum Gasteiger partial charge on any atom is 0.244 e. The fourth-order valence-electron chi connectivity index (χ4n) is 1.67. The molecule has 1 fully saturated rings. The molecule has 1 heterocycles. The van der Waals surface area contributed by atoms with Crippen molar-refractivity contribution in [2.75, 3.05) is 19.3 Å². The van der Waals surface area contributed by atoms with Crippen LogP contribution >= 0.6 is 11.8 Å². The van der Waals surface area contributed by atoms with Crippen molar-refractivity contribution in [1.29, 1.82) is 0 Å². The molecule has 0 radical (unpaired) electrons. The molecule has 1 N–H and O–H groups in total. The van der Waals surface area contributed by atoms with Gasteiger partial charge in [-0.1, -0.05) is 6.92 Å². The first-order chi connectivity index (χ1) is 7.54. The minimum absolute atomic E-state index is 0.0266. The van der Waals surface area contributed by atoms with E-state index >= 15 is 0 Å². The van der Waals surface area contributed by atoms with E-state index in [2.05, 4.69) is 18.5 Å². The highest BCUT2D eigenvalue weighted by atomic mass is 32.2. The van der Waals surface area contributed by atoms with Crippen molar-refractivity contribution in [3.05, 3.63) is 0 Å². The van der Waals surface area contributed by atoms with E-state index in [0.29, 0.717) is 18.2 Å². The average molecular weight is 244 g/mol. The predicted molar refractivity (Wildman–Crippen MR) is 66.4 cm³/mol. The number of rotatable bonds is 4. The smallest absolute Gasteiger partial charge is 0.244 e. The maximum atomic E-state index is 11.9. The predicted octanol–water partition coefficient (Wildman–Crippen LogP) is 0.865. The van der Waals surface area contributed by atoms with Crippen LogP contribution in [-0.4, -0.2) is 47.4 Å². The normalized spacial score (nSPS) is 23.9. The zero-order valence-electron chi connectivity index (χ0n) is 10.2. The summed E-state index contributed by atoms with van der Waals surface area (Å²) in [6.07, 6.45) is 3.47. The lowest BCUT2D eigenvalue weighted by Crippen LogP contribution is -2.43. The molecule has 4 nitrogen and oxygen atoms in total. The van der Waals surface area contributed by atoms with E-state index in [9.17, 15) is 9.59 Å². The number of nitrogens with one attached hydrogen (secondary N) is 1. The first kappa shape index (κ1) is 13.4. The zero-order valence-corrected chi connectivity index (χ0v) is 11.0. The van der Waals surface area contributed by atoms with E-state index < -0.39 is 0 Å². The molecule has 92 valence electrons. The molecule has 0 spiro atoms. The molecule has 1 saturated heterocycles. The molecule has 5 heteroatoms. The second-order valence-corrected chi connectivity index (χ2v) is 5.48. The van der Waals surface area contributed by atoms with Crippen molar-refractivity contribution >= 4 is 23.6 Å². The van der Waals surface area contributed by atoms with Gasteiger partial charge in [-0.2, -0.15) is 11.8 Å². The fourth-order valence-corrected chi connectivity index (χ4v) is 2.01. The van der Waals surface area contributed by atoms with Crippen molar-refractivity contribution < 1.29 is 9.59 Å². The van der Waals surface area contributed by atoms with Gasteiger partial charge in [0.15, 0.2) is 0 Å². The van der Waals surface area contributed by atoms with Gasteiger partial charge in [0.2, 0.25) is 11.8 Å². The van der Waals surface area contributed by atoms with Gasteiger partial charge in [0.25, 0.3) is 0 Å². The topological polar surface area (TPSA) is 49.4 Å². The third kappa shape index (κ3) is 3.70. The molecule has 16 heavy (non-hydrogen) atoms. The van der Waals surface area contributed by atoms with Crippen LogP contribution in [0.2, 0.25) is 0 Å². The van der Waals surface area contributed by atoms with E-state index in [-0.39, 0.29) is 17.9 Å². The van der Waals surface area contributed by atoms with Crippen molar-refractivity contribution in [3.63, 3.8) is 0 Å². The molecular formula is C11H20N2O2S. The summed E-state index contributed by atoms with van der Waals surface area (Å²) >= 11 is 1.80. The van der Waals surface area contributed by atoms with Crippen molar-refractivity contribution in [3.8, 4) is 0 Å². The van der Waals surface area contributed by atoms with Crippen molar-refractivity contribution in [2.45, 2.75) is 38.0 Å². The Kier molecular flexibility index (Phi) is 5.12. The SMILES string of the molecule is CSC(C)CCN1CCC(=O)NC(C)C1=O. The Morgan fingerprint density at radius 2 is 2.25 bits per heavy atom. The van der Waals surface area contributed by atoms with Crippen LogP contribution in [0, 0.1) is 0 Å². The van der Waals surface area contributed by atoms with Crippen LogP contribution in [0.5, 0.6) is 0 Å². The summed E-state index contributed by atoms with van der Waals surface area (Å²) in [7, 11) is 0. The van der Waals surface area contributed by atoms with Crippen LogP contribution in [0.3, 0.4) is 0 Å². The number of hydrogen-bond acceptors (Lipinski definition) is 3. The third-order valence-corrected chi connectivity index (χ3v) is 3.92. The fraction of sp³-hybridized carbons (Fsp3) is 0.818. The Morgan fingerprint density at radius 3 is 2.88 bits per heavy atom. The van der Waals surface area contributed by atoms with Gasteiger partial charge < -0.3 is 10.2 Å². The number of hydrogen-bond donors (Lipinski definition) is 1. The minimum atomic E-state index is -0.375. The second kappa shape index (κ2) is 6.13. The summed E-state index contributed by atoms with van der Waals surface area (Å²) in [6.45, 7) is 5.20. The molecule has 0 bridgehead atoms. The van der Waals surface area contributed by atoms with Crippen molar-refractivity contribution in [1.82, 2.24) is 10.2 Å². The molecule has 2 unspecified atom stereocenters. The molecule has 0 aromatic carbocycles. The minimum Gasteiger partial charge on any atom is -0.345 e. The highest BCUT2D eigenvalue weighted by molar-refractivity contribution is 7.99. The van der Waals surface area contributed by atoms with Gasteiger partial charge in [0.05, 0.1) is 0 Å². The first-order valence-corrected chi connectivity index (χ1v) is 6.94. The monoisotopic (exact) mass is 244 g/mol. The Morgan fingerprint density at radius 1 is 1.56 bits per heavy atom. The van der Waals surface area contributed by atoms with Crippen LogP contribution in [0.25, 0.3) is 0 Å². The van der Waals surface area contributed by atoms with Crippen LogP contribution in [0.1, 0.15) is 26.7 Å². The number of thioether (sulfide) groups is 1. The van der Waals surface area contributed by atoms with E-state index in [1.165, 1.54) is 0 Å². The molecule has 0 aromatic heterocycles. The van der Waals surface area contributed by atoms with Crippen molar-refractivity contribution in [2.24, 2.45) is 0 Å². The summed E-state index contributed by atoms with van der Waals surface area (Å²) in [5, 5.41) is 3.24. The van der Waals surface area contributed by atoms with E-state index in [4.69, 9.17) is 0 Å².